The van der Waals surface area contributed by atoms with Gasteiger partial charge in [-0.1, -0.05) is 28.9 Å². The first-order valence-electron chi connectivity index (χ1n) is 4.59. The third kappa shape index (κ3) is 3.23. The molecule has 0 saturated heterocycles. The van der Waals surface area contributed by atoms with Crippen molar-refractivity contribution < 1.29 is 14.6 Å². The van der Waals surface area contributed by atoms with Crippen molar-refractivity contribution in [2.75, 3.05) is 7.11 Å². The quantitative estimate of drug-likeness (QED) is 0.917. The predicted octanol–water partition coefficient (Wildman–Crippen LogP) is 3.04. The van der Waals surface area contributed by atoms with Crippen LogP contribution in [0.5, 0.6) is 5.75 Å². The van der Waals surface area contributed by atoms with Crippen molar-refractivity contribution in [3.05, 3.63) is 28.2 Å². The Morgan fingerprint density at radius 3 is 2.73 bits per heavy atom. The van der Waals surface area contributed by atoms with Crippen molar-refractivity contribution in [1.82, 2.24) is 0 Å². The number of methoxy groups -OCH3 is 1. The highest BCUT2D eigenvalue weighted by Crippen LogP contribution is 2.30. The summed E-state index contributed by atoms with van der Waals surface area (Å²) in [4.78, 5) is 10.6. The van der Waals surface area contributed by atoms with E-state index in [0.29, 0.717) is 0 Å². The van der Waals surface area contributed by atoms with E-state index < -0.39 is 5.97 Å². The molecule has 0 aliphatic carbocycles. The van der Waals surface area contributed by atoms with E-state index in [-0.39, 0.29) is 12.3 Å². The second kappa shape index (κ2) is 5.16. The smallest absolute Gasteiger partial charge is 0.303 e. The van der Waals surface area contributed by atoms with E-state index in [0.717, 1.165) is 15.8 Å². The fourth-order valence-corrected chi connectivity index (χ4v) is 2.15. The van der Waals surface area contributed by atoms with E-state index in [1.807, 2.05) is 25.1 Å². The molecule has 0 aliphatic rings. The number of halogens is 1. The minimum absolute atomic E-state index is 0.0113. The first-order chi connectivity index (χ1) is 7.04. The van der Waals surface area contributed by atoms with Crippen LogP contribution in [-0.4, -0.2) is 18.2 Å². The summed E-state index contributed by atoms with van der Waals surface area (Å²) in [7, 11) is 1.60. The molecule has 0 aromatic heterocycles. The highest BCUT2D eigenvalue weighted by Gasteiger charge is 2.13. The number of carbonyl (C=O) groups is 1. The van der Waals surface area contributed by atoms with Gasteiger partial charge in [0.25, 0.3) is 0 Å². The van der Waals surface area contributed by atoms with Gasteiger partial charge in [0.05, 0.1) is 13.5 Å². The van der Waals surface area contributed by atoms with Crippen LogP contribution >= 0.6 is 15.9 Å². The average molecular weight is 273 g/mol. The van der Waals surface area contributed by atoms with Crippen molar-refractivity contribution in [1.29, 1.82) is 0 Å². The Labute approximate surface area is 97.2 Å². The lowest BCUT2D eigenvalue weighted by Gasteiger charge is -2.12. The Balaban J connectivity index is 2.90. The standard InChI is InChI=1S/C11H13BrO3/c1-7(5-11(13)14)9-4-3-8(15-2)6-10(9)12/h3-4,6-7H,5H2,1-2H3,(H,13,14). The molecule has 4 heteroatoms. The van der Waals surface area contributed by atoms with Gasteiger partial charge >= 0.3 is 5.97 Å². The highest BCUT2D eigenvalue weighted by atomic mass is 79.9. The molecule has 1 rings (SSSR count). The number of ether oxygens (including phenoxy) is 1. The van der Waals surface area contributed by atoms with Gasteiger partial charge < -0.3 is 9.84 Å². The van der Waals surface area contributed by atoms with E-state index in [1.54, 1.807) is 7.11 Å². The van der Waals surface area contributed by atoms with Gasteiger partial charge in [0.2, 0.25) is 0 Å². The van der Waals surface area contributed by atoms with Gasteiger partial charge in [-0.15, -0.1) is 0 Å². The number of benzene rings is 1. The van der Waals surface area contributed by atoms with Crippen molar-refractivity contribution in [2.24, 2.45) is 0 Å². The summed E-state index contributed by atoms with van der Waals surface area (Å²) in [6.45, 7) is 1.89. The van der Waals surface area contributed by atoms with Gasteiger partial charge in [-0.05, 0) is 23.6 Å². The number of hydrogen-bond acceptors (Lipinski definition) is 2. The molecule has 0 bridgehead atoms. The summed E-state index contributed by atoms with van der Waals surface area (Å²) in [6, 6.07) is 5.56. The van der Waals surface area contributed by atoms with Crippen LogP contribution in [0.15, 0.2) is 22.7 Å². The molecule has 1 N–H and O–H groups in total. The van der Waals surface area contributed by atoms with Crippen LogP contribution in [0.1, 0.15) is 24.8 Å². The summed E-state index contributed by atoms with van der Waals surface area (Å²) < 4.78 is 5.95. The van der Waals surface area contributed by atoms with Crippen LogP contribution in [0.4, 0.5) is 0 Å². The Kier molecular flexibility index (Phi) is 4.15. The lowest BCUT2D eigenvalue weighted by Crippen LogP contribution is -2.03. The van der Waals surface area contributed by atoms with Gasteiger partial charge in [-0.25, -0.2) is 0 Å². The topological polar surface area (TPSA) is 46.5 Å². The first-order valence-corrected chi connectivity index (χ1v) is 5.39. The van der Waals surface area contributed by atoms with Crippen molar-refractivity contribution in [2.45, 2.75) is 19.3 Å². The molecule has 3 nitrogen and oxygen atoms in total. The molecule has 0 fully saturated rings. The van der Waals surface area contributed by atoms with Gasteiger partial charge in [0.1, 0.15) is 5.75 Å². The zero-order valence-corrected chi connectivity index (χ0v) is 10.2. The van der Waals surface area contributed by atoms with E-state index >= 15 is 0 Å². The Morgan fingerprint density at radius 2 is 2.27 bits per heavy atom. The fraction of sp³-hybridized carbons (Fsp3) is 0.364. The summed E-state index contributed by atoms with van der Waals surface area (Å²) in [6.07, 6.45) is 0.130. The van der Waals surface area contributed by atoms with E-state index in [9.17, 15) is 4.79 Å². The van der Waals surface area contributed by atoms with Crippen LogP contribution < -0.4 is 4.74 Å². The van der Waals surface area contributed by atoms with E-state index in [2.05, 4.69) is 15.9 Å². The second-order valence-corrected chi connectivity index (χ2v) is 4.24. The van der Waals surface area contributed by atoms with Gasteiger partial charge in [-0.2, -0.15) is 0 Å². The van der Waals surface area contributed by atoms with Crippen molar-refractivity contribution in [3.63, 3.8) is 0 Å². The van der Waals surface area contributed by atoms with Crippen LogP contribution in [0.2, 0.25) is 0 Å². The normalized spacial score (nSPS) is 12.2. The second-order valence-electron chi connectivity index (χ2n) is 3.39. The maximum absolute atomic E-state index is 10.6. The lowest BCUT2D eigenvalue weighted by atomic mass is 9.98. The van der Waals surface area contributed by atoms with Crippen LogP contribution in [0, 0.1) is 0 Å². The molecule has 1 atom stereocenters. The van der Waals surface area contributed by atoms with Crippen molar-refractivity contribution >= 4 is 21.9 Å². The summed E-state index contributed by atoms with van der Waals surface area (Å²) in [5.74, 6) is -0.0406. The molecule has 1 unspecified atom stereocenters. The molecule has 0 amide bonds. The van der Waals surface area contributed by atoms with Crippen LogP contribution in [0.25, 0.3) is 0 Å². The number of carboxylic acid groups (broad SMARTS) is 1. The van der Waals surface area contributed by atoms with Crippen LogP contribution in [0.3, 0.4) is 0 Å². The zero-order valence-electron chi connectivity index (χ0n) is 8.66. The molecule has 15 heavy (non-hydrogen) atoms. The predicted molar refractivity (Wildman–Crippen MR) is 61.4 cm³/mol. The molecule has 82 valence electrons. The highest BCUT2D eigenvalue weighted by molar-refractivity contribution is 9.10. The largest absolute Gasteiger partial charge is 0.497 e. The van der Waals surface area contributed by atoms with Gasteiger partial charge in [0.15, 0.2) is 0 Å². The number of aliphatic carboxylic acids is 1. The molecule has 1 aromatic rings. The zero-order chi connectivity index (χ0) is 11.4. The lowest BCUT2D eigenvalue weighted by molar-refractivity contribution is -0.137. The Bertz CT molecular complexity index is 363. The molecular weight excluding hydrogens is 260 g/mol. The monoisotopic (exact) mass is 272 g/mol. The maximum atomic E-state index is 10.6. The summed E-state index contributed by atoms with van der Waals surface area (Å²) >= 11 is 3.41. The summed E-state index contributed by atoms with van der Waals surface area (Å²) in [5, 5.41) is 8.70. The molecule has 0 spiro atoms. The number of rotatable bonds is 4. The molecule has 0 radical (unpaired) electrons. The molecule has 0 aliphatic heterocycles. The van der Waals surface area contributed by atoms with Gasteiger partial charge in [0, 0.05) is 4.47 Å². The number of hydrogen-bond donors (Lipinski definition) is 1. The first kappa shape index (κ1) is 12.0. The van der Waals surface area contributed by atoms with E-state index in [4.69, 9.17) is 9.84 Å². The SMILES string of the molecule is COc1ccc(C(C)CC(=O)O)c(Br)c1. The third-order valence-corrected chi connectivity index (χ3v) is 2.91. The van der Waals surface area contributed by atoms with Crippen molar-refractivity contribution in [3.8, 4) is 5.75 Å². The molecular formula is C11H13BrO3. The molecule has 0 saturated carbocycles. The Hall–Kier alpha value is -1.03. The van der Waals surface area contributed by atoms with Gasteiger partial charge in [-0.3, -0.25) is 4.79 Å². The minimum Gasteiger partial charge on any atom is -0.497 e. The number of carboxylic acids is 1. The third-order valence-electron chi connectivity index (χ3n) is 2.22. The van der Waals surface area contributed by atoms with E-state index in [1.165, 1.54) is 0 Å². The average Bonchev–Trinajstić information content (AvgIpc) is 2.16. The maximum Gasteiger partial charge on any atom is 0.303 e. The Morgan fingerprint density at radius 1 is 1.60 bits per heavy atom. The van der Waals surface area contributed by atoms with Crippen LogP contribution in [-0.2, 0) is 4.79 Å². The summed E-state index contributed by atoms with van der Waals surface area (Å²) in [5.41, 5.74) is 0.984. The molecule has 1 aromatic carbocycles. The minimum atomic E-state index is -0.787. The fourth-order valence-electron chi connectivity index (χ4n) is 1.41. The molecule has 0 heterocycles.